The van der Waals surface area contributed by atoms with Gasteiger partial charge in [-0.15, -0.1) is 11.3 Å². The molecule has 2 unspecified atom stereocenters. The van der Waals surface area contributed by atoms with Crippen molar-refractivity contribution in [2.24, 2.45) is 0 Å². The number of likely N-dealkylation sites (N-methyl/N-ethyl adjacent to an activating group) is 1. The number of likely N-dealkylation sites (tertiary alicyclic amines) is 1. The minimum Gasteiger partial charge on any atom is -0.489 e. The quantitative estimate of drug-likeness (QED) is 0.0265. The van der Waals surface area contributed by atoms with Crippen LogP contribution in [0, 0.1) is 19.7 Å². The van der Waals surface area contributed by atoms with E-state index in [4.69, 9.17) is 19.2 Å². The number of sulfone groups is 1. The van der Waals surface area contributed by atoms with Gasteiger partial charge in [-0.3, -0.25) is 33.1 Å². The van der Waals surface area contributed by atoms with Crippen molar-refractivity contribution in [2.75, 3.05) is 118 Å². The van der Waals surface area contributed by atoms with Crippen LogP contribution in [-0.4, -0.2) is 215 Å². The molecule has 1 saturated carbocycles. The first kappa shape index (κ1) is 93.5. The summed E-state index contributed by atoms with van der Waals surface area (Å²) in [5.74, 6) is 2.31. The van der Waals surface area contributed by atoms with Crippen molar-refractivity contribution in [3.8, 4) is 28.1 Å². The Morgan fingerprint density at radius 3 is 1.89 bits per heavy atom. The molecule has 706 valence electrons. The lowest BCUT2D eigenvalue weighted by Gasteiger charge is -2.29. The lowest BCUT2D eigenvalue weighted by molar-refractivity contribution is 0.208. The molecule has 11 aromatic heterocycles. The molecule has 0 bridgehead atoms. The van der Waals surface area contributed by atoms with E-state index in [2.05, 4.69) is 101 Å². The highest BCUT2D eigenvalue weighted by Crippen LogP contribution is 2.36. The van der Waals surface area contributed by atoms with Crippen LogP contribution in [0.3, 0.4) is 0 Å². The highest BCUT2D eigenvalue weighted by atomic mass is 32.2. The van der Waals surface area contributed by atoms with Crippen LogP contribution in [0.15, 0.2) is 248 Å². The molecule has 4 fully saturated rings. The molecule has 14 heterocycles. The third-order valence-electron chi connectivity index (χ3n) is 24.0. The lowest BCUT2D eigenvalue weighted by atomic mass is 10.0. The Morgan fingerprint density at radius 2 is 1.25 bits per heavy atom. The summed E-state index contributed by atoms with van der Waals surface area (Å²) >= 11 is 3.35. The molecule has 137 heavy (non-hydrogen) atoms. The summed E-state index contributed by atoms with van der Waals surface area (Å²) in [6, 6.07) is 46.5. The molecule has 42 heteroatoms. The third kappa shape index (κ3) is 21.1. The van der Waals surface area contributed by atoms with Gasteiger partial charge in [0.1, 0.15) is 46.1 Å². The van der Waals surface area contributed by atoms with Gasteiger partial charge in [0.25, 0.3) is 31.8 Å². The molecule has 3 saturated heterocycles. The number of hydrogen-bond acceptors (Lipinski definition) is 33. The Kier molecular flexibility index (Phi) is 28.0. The fraction of sp³-hybridized carbons (Fsp3) is 0.284. The highest BCUT2D eigenvalue weighted by molar-refractivity contribution is 7.99. The summed E-state index contributed by atoms with van der Waals surface area (Å²) in [5.41, 5.74) is 9.72. The van der Waals surface area contributed by atoms with E-state index in [1.807, 2.05) is 105 Å². The fourth-order valence-electron chi connectivity index (χ4n) is 16.9. The van der Waals surface area contributed by atoms with Crippen molar-refractivity contribution in [3.05, 3.63) is 289 Å². The van der Waals surface area contributed by atoms with Gasteiger partial charge in [-0.25, -0.2) is 58.5 Å². The standard InChI is InChI=1S/C34H37N7O4S.C31H27FN8O4S2.C30H34N10O3S2/c1-23-7-3-6-10-30(23)31-19-24-20-35-34(37-25-11-13-27(14-12-25)45-28-16-18-39(2)22-28)38-32(24)40(33(31)42)21-26-15-17-36-41(26)46(43,44)29-8-4-5-9-29;1-19-27(35-18-45-19)24-13-20-15-34-31(37-22-7-8-26(25(32)14-22)39-11-9-33-10-12-39)38-28(20)40(29(24)41)17-21-16-36-44-30(21)46(42,43)23-5-3-2-4-6-23;1-38(2)13-15-45(42,43)40-12-10-33-27(40)20-39-28-22(16-25(29(39)41)35-24-4-3-9-31-18-24)17-34-30(37-28)36-23-7-5-21(6-8-23)26-19-32-11-14-44-26/h3,6-7,10-15,17,19-20,28-29H,4-5,8-9,16,18,21-22H2,1-2H3,(H,35,37,38);2-8,13-16,18,33H,9-12,17H2,1H3,(H,34,37,38);3-10,12,16-18,26,32,35H,11,13-15,19-20H2,1-2H3,(H,34,36,37). The van der Waals surface area contributed by atoms with Crippen LogP contribution >= 0.6 is 23.1 Å². The number of imidazole rings is 1. The van der Waals surface area contributed by atoms with E-state index in [1.165, 1.54) is 73.6 Å². The first-order chi connectivity index (χ1) is 66.3. The van der Waals surface area contributed by atoms with E-state index < -0.39 is 46.3 Å². The maximum Gasteiger partial charge on any atom is 0.276 e. The normalized spacial score (nSPS) is 15.6. The summed E-state index contributed by atoms with van der Waals surface area (Å²) in [4.78, 5) is 89.6. The number of rotatable bonds is 28. The molecule has 20 rings (SSSR count). The number of nitrogens with zero attached hydrogens (tertiary/aromatic N) is 19. The minimum absolute atomic E-state index is 0.0279. The van der Waals surface area contributed by atoms with Crippen molar-refractivity contribution in [2.45, 2.75) is 92.2 Å². The largest absolute Gasteiger partial charge is 0.489 e. The Morgan fingerprint density at radius 1 is 0.599 bits per heavy atom. The summed E-state index contributed by atoms with van der Waals surface area (Å²) < 4.78 is 113. The van der Waals surface area contributed by atoms with E-state index in [0.29, 0.717) is 117 Å². The number of halogens is 1. The third-order valence-corrected chi connectivity index (χ3v) is 31.5. The van der Waals surface area contributed by atoms with E-state index in [-0.39, 0.29) is 81.5 Å². The predicted molar refractivity (Wildman–Crippen MR) is 528 cm³/mol. The number of pyridine rings is 4. The van der Waals surface area contributed by atoms with Gasteiger partial charge in [0.2, 0.25) is 37.7 Å². The predicted octanol–water partition coefficient (Wildman–Crippen LogP) is 12.4. The van der Waals surface area contributed by atoms with Crippen LogP contribution in [0.25, 0.3) is 55.5 Å². The molecule has 5 aromatic carbocycles. The molecule has 0 amide bonds. The smallest absolute Gasteiger partial charge is 0.276 e. The van der Waals surface area contributed by atoms with Crippen molar-refractivity contribution >= 4 is 138 Å². The maximum absolute atomic E-state index is 15.1. The number of hydrogen-bond donors (Lipinski definition) is 6. The number of aryl methyl sites for hydroxylation is 2. The minimum atomic E-state index is -4.08. The van der Waals surface area contributed by atoms with Crippen LogP contribution in [-0.2, 0) is 49.5 Å². The van der Waals surface area contributed by atoms with E-state index >= 15 is 4.39 Å². The number of aromatic nitrogens is 16. The van der Waals surface area contributed by atoms with E-state index in [9.17, 15) is 39.6 Å². The van der Waals surface area contributed by atoms with Gasteiger partial charge in [-0.1, -0.05) is 72.6 Å². The zero-order valence-electron chi connectivity index (χ0n) is 75.4. The molecule has 4 aliphatic rings. The number of benzene rings is 5. The lowest BCUT2D eigenvalue weighted by Crippen LogP contribution is -2.43. The average molecular weight is 1950 g/mol. The van der Waals surface area contributed by atoms with Crippen molar-refractivity contribution in [1.29, 1.82) is 0 Å². The molecule has 6 N–H and O–H groups in total. The summed E-state index contributed by atoms with van der Waals surface area (Å²) in [6.45, 7) is 10.7. The number of anilines is 9. The van der Waals surface area contributed by atoms with E-state index in [0.717, 1.165) is 105 Å². The Labute approximate surface area is 796 Å². The molecule has 36 nitrogen and oxygen atoms in total. The van der Waals surface area contributed by atoms with Gasteiger partial charge < -0.3 is 55.9 Å². The van der Waals surface area contributed by atoms with Gasteiger partial charge in [-0.05, 0) is 174 Å². The summed E-state index contributed by atoms with van der Waals surface area (Å²) in [5, 5.41) is 28.6. The molecule has 0 spiro atoms. The molecular weight excluding hydrogens is 1850 g/mol. The van der Waals surface area contributed by atoms with E-state index in [1.54, 1.807) is 108 Å². The van der Waals surface area contributed by atoms with Gasteiger partial charge in [0.05, 0.1) is 93.5 Å². The van der Waals surface area contributed by atoms with Crippen LogP contribution in [0.5, 0.6) is 5.75 Å². The second-order valence-electron chi connectivity index (χ2n) is 33.8. The van der Waals surface area contributed by atoms with Crippen molar-refractivity contribution in [1.82, 2.24) is 97.3 Å². The number of piperazine rings is 1. The summed E-state index contributed by atoms with van der Waals surface area (Å²) in [7, 11) is -5.81. The van der Waals surface area contributed by atoms with Gasteiger partial charge in [0, 0.05) is 151 Å². The van der Waals surface area contributed by atoms with Crippen molar-refractivity contribution < 1.29 is 38.9 Å². The van der Waals surface area contributed by atoms with Gasteiger partial charge in [0.15, 0.2) is 0 Å². The first-order valence-electron chi connectivity index (χ1n) is 44.5. The molecular formula is C95H98FN25O11S5. The fourth-order valence-corrected chi connectivity index (χ4v) is 23.3. The molecule has 3 aliphatic heterocycles. The molecule has 2 atom stereocenters. The highest BCUT2D eigenvalue weighted by Gasteiger charge is 2.34. The molecule has 16 aromatic rings. The van der Waals surface area contributed by atoms with Gasteiger partial charge in [-0.2, -0.15) is 35.9 Å². The Bertz CT molecular complexity index is 7640. The summed E-state index contributed by atoms with van der Waals surface area (Å²) in [6.07, 6.45) is 17.8. The number of thiazole rings is 1. The monoisotopic (exact) mass is 1940 g/mol. The number of nitrogens with one attached hydrogen (secondary N) is 6. The van der Waals surface area contributed by atoms with Crippen LogP contribution in [0.2, 0.25) is 0 Å². The van der Waals surface area contributed by atoms with Crippen LogP contribution in [0.4, 0.5) is 56.4 Å². The Balaban J connectivity index is 0.000000137. The topological polar surface area (TPSA) is 424 Å². The molecule has 0 radical (unpaired) electrons. The second kappa shape index (κ2) is 41.0. The van der Waals surface area contributed by atoms with Crippen molar-refractivity contribution in [3.63, 3.8) is 0 Å². The number of thioether (sulfide) groups is 1. The number of fused-ring (bicyclic) bond motifs is 3. The number of ether oxygens (including phenoxy) is 1. The van der Waals surface area contributed by atoms with Crippen LogP contribution < -0.4 is 58.2 Å². The Hall–Kier alpha value is -13.9. The SMILES string of the molecule is CN(C)CCS(=O)(=O)n1ccnc1Cn1c(=O)c(Nc2cccnc2)cc2cnc(Nc3ccc(C4CNCCS4)cc3)nc21.Cc1ccccc1-c1cc2cnc(Nc3ccc(OC4CCN(C)C4)cc3)nc2n(Cc2ccnn2S(=O)(=O)C2CCCC2)c1=O.Cc1scnc1-c1cc2cnc(Nc3ccc(N4CCNCC4)c(F)c3)nc2n(Cc2cnoc2S(=O)(=O)c2ccccc2)c1=O. The second-order valence-corrected chi connectivity index (χ2v) is 42.0. The zero-order chi connectivity index (χ0) is 95.1. The van der Waals surface area contributed by atoms with Crippen LogP contribution in [0.1, 0.15) is 70.4 Å². The van der Waals surface area contributed by atoms with Gasteiger partial charge >= 0.3 is 0 Å². The first-order valence-corrected chi connectivity index (χ1v) is 51.0. The zero-order valence-corrected chi connectivity index (χ0v) is 79.4. The maximum atomic E-state index is 15.1. The average Bonchev–Trinajstić information content (AvgIpc) is 1.23. The molecule has 1 aliphatic carbocycles.